The van der Waals surface area contributed by atoms with Gasteiger partial charge >= 0.3 is 5.97 Å². The maximum absolute atomic E-state index is 11.0. The monoisotopic (exact) mass is 170 g/mol. The smallest absolute Gasteiger partial charge is 0.373 e. The molecule has 0 N–H and O–H groups in total. The number of esters is 1. The minimum absolute atomic E-state index is 0.0172. The molecule has 0 fully saturated rings. The molecule has 3 nitrogen and oxygen atoms in total. The lowest BCUT2D eigenvalue weighted by Crippen LogP contribution is -2.14. The van der Waals surface area contributed by atoms with Crippen LogP contribution in [-0.4, -0.2) is 18.7 Å². The summed E-state index contributed by atoms with van der Waals surface area (Å²) in [4.78, 5) is 11.0. The predicted octanol–water partition coefficient (Wildman–Crippen LogP) is 1.65. The van der Waals surface area contributed by atoms with Crippen molar-refractivity contribution in [3.05, 3.63) is 25.0 Å². The van der Waals surface area contributed by atoms with Crippen LogP contribution in [0.25, 0.3) is 0 Å². The third-order valence-electron chi connectivity index (χ3n) is 0.946. The van der Waals surface area contributed by atoms with Crippen LogP contribution in [0.2, 0.25) is 0 Å². The predicted molar refractivity (Wildman–Crippen MR) is 46.5 cm³/mol. The van der Waals surface area contributed by atoms with Crippen LogP contribution in [0.3, 0.4) is 0 Å². The molecule has 0 aromatic heterocycles. The number of carbonyl (C=O) groups excluding carboxylic acids is 1. The van der Waals surface area contributed by atoms with Crippen molar-refractivity contribution in [3.8, 4) is 0 Å². The van der Waals surface area contributed by atoms with Gasteiger partial charge in [-0.15, -0.1) is 0 Å². The fraction of sp³-hybridized carbons (Fsp3) is 0.444. The maximum Gasteiger partial charge on any atom is 0.373 e. The quantitative estimate of drug-likeness (QED) is 0.272. The summed E-state index contributed by atoms with van der Waals surface area (Å²) >= 11 is 0. The standard InChI is InChI=1S/C9H14O3/c1-5-6-11-8(4)9(10)12-7(2)3/h5,7H,1,4,6H2,2-3H3. The van der Waals surface area contributed by atoms with Crippen molar-refractivity contribution in [2.75, 3.05) is 6.61 Å². The van der Waals surface area contributed by atoms with Gasteiger partial charge in [0.1, 0.15) is 6.61 Å². The van der Waals surface area contributed by atoms with E-state index in [4.69, 9.17) is 9.47 Å². The molecule has 0 saturated heterocycles. The Bertz CT molecular complexity index is 182. The zero-order valence-electron chi connectivity index (χ0n) is 7.50. The molecule has 0 heterocycles. The van der Waals surface area contributed by atoms with E-state index in [1.54, 1.807) is 13.8 Å². The van der Waals surface area contributed by atoms with Crippen LogP contribution in [0.1, 0.15) is 13.8 Å². The second-order valence-corrected chi connectivity index (χ2v) is 2.48. The zero-order valence-corrected chi connectivity index (χ0v) is 7.50. The first-order valence-corrected chi connectivity index (χ1v) is 3.71. The fourth-order valence-electron chi connectivity index (χ4n) is 0.498. The SMILES string of the molecule is C=CCOC(=C)C(=O)OC(C)C. The summed E-state index contributed by atoms with van der Waals surface area (Å²) in [5, 5.41) is 0. The van der Waals surface area contributed by atoms with Crippen molar-refractivity contribution in [1.82, 2.24) is 0 Å². The summed E-state index contributed by atoms with van der Waals surface area (Å²) in [6.07, 6.45) is 1.38. The Morgan fingerprint density at radius 2 is 2.17 bits per heavy atom. The van der Waals surface area contributed by atoms with Crippen LogP contribution in [0, 0.1) is 0 Å². The molecule has 0 aromatic carbocycles. The van der Waals surface area contributed by atoms with Crippen molar-refractivity contribution in [1.29, 1.82) is 0 Å². The summed E-state index contributed by atoms with van der Waals surface area (Å²) in [5.41, 5.74) is 0. The summed E-state index contributed by atoms with van der Waals surface area (Å²) < 4.78 is 9.68. The van der Waals surface area contributed by atoms with Gasteiger partial charge in [-0.3, -0.25) is 0 Å². The van der Waals surface area contributed by atoms with Crippen LogP contribution in [0.15, 0.2) is 25.0 Å². The van der Waals surface area contributed by atoms with E-state index in [1.807, 2.05) is 0 Å². The number of ether oxygens (including phenoxy) is 2. The van der Waals surface area contributed by atoms with Gasteiger partial charge in [0.15, 0.2) is 5.76 Å². The van der Waals surface area contributed by atoms with Crippen molar-refractivity contribution >= 4 is 5.97 Å². The van der Waals surface area contributed by atoms with Crippen LogP contribution in [-0.2, 0) is 14.3 Å². The molecule has 3 heteroatoms. The average Bonchev–Trinajstić information content (AvgIpc) is 1.98. The molecule has 0 unspecified atom stereocenters. The number of hydrogen-bond acceptors (Lipinski definition) is 3. The van der Waals surface area contributed by atoms with E-state index < -0.39 is 5.97 Å². The van der Waals surface area contributed by atoms with E-state index in [1.165, 1.54) is 6.08 Å². The third kappa shape index (κ3) is 4.55. The number of hydrogen-bond donors (Lipinski definition) is 0. The molecular formula is C9H14O3. The van der Waals surface area contributed by atoms with Crippen molar-refractivity contribution in [2.24, 2.45) is 0 Å². The Morgan fingerprint density at radius 3 is 2.58 bits per heavy atom. The summed E-state index contributed by atoms with van der Waals surface area (Å²) in [6, 6.07) is 0. The molecule has 0 radical (unpaired) electrons. The van der Waals surface area contributed by atoms with E-state index in [2.05, 4.69) is 13.2 Å². The second-order valence-electron chi connectivity index (χ2n) is 2.48. The number of rotatable bonds is 5. The highest BCUT2D eigenvalue weighted by Crippen LogP contribution is 2.00. The first-order chi connectivity index (χ1) is 5.57. The van der Waals surface area contributed by atoms with E-state index in [0.717, 1.165) is 0 Å². The van der Waals surface area contributed by atoms with Gasteiger partial charge in [-0.2, -0.15) is 0 Å². The molecule has 0 atom stereocenters. The van der Waals surface area contributed by atoms with Gasteiger partial charge in [0.25, 0.3) is 0 Å². The van der Waals surface area contributed by atoms with Gasteiger partial charge < -0.3 is 9.47 Å². The van der Waals surface area contributed by atoms with Gasteiger partial charge in [0, 0.05) is 0 Å². The van der Waals surface area contributed by atoms with E-state index in [0.29, 0.717) is 0 Å². The Hall–Kier alpha value is -1.25. The Labute approximate surface area is 72.7 Å². The lowest BCUT2D eigenvalue weighted by molar-refractivity contribution is -0.146. The highest BCUT2D eigenvalue weighted by Gasteiger charge is 2.10. The number of carbonyl (C=O) groups is 1. The summed E-state index contributed by atoms with van der Waals surface area (Å²) in [5.74, 6) is -0.504. The topological polar surface area (TPSA) is 35.5 Å². The molecular weight excluding hydrogens is 156 g/mol. The van der Waals surface area contributed by atoms with Gasteiger partial charge in [0.2, 0.25) is 0 Å². The van der Waals surface area contributed by atoms with Crippen molar-refractivity contribution in [2.45, 2.75) is 20.0 Å². The van der Waals surface area contributed by atoms with E-state index >= 15 is 0 Å². The largest absolute Gasteiger partial charge is 0.483 e. The van der Waals surface area contributed by atoms with Crippen LogP contribution < -0.4 is 0 Å². The molecule has 0 rings (SSSR count). The molecule has 12 heavy (non-hydrogen) atoms. The van der Waals surface area contributed by atoms with Crippen molar-refractivity contribution < 1.29 is 14.3 Å². The van der Waals surface area contributed by atoms with E-state index in [9.17, 15) is 4.79 Å². The molecule has 0 aliphatic carbocycles. The normalized spacial score (nSPS) is 9.25. The molecule has 0 amide bonds. The van der Waals surface area contributed by atoms with Gasteiger partial charge in [-0.25, -0.2) is 4.79 Å². The van der Waals surface area contributed by atoms with Gasteiger partial charge in [-0.05, 0) is 20.4 Å². The van der Waals surface area contributed by atoms with Crippen LogP contribution in [0.5, 0.6) is 0 Å². The first-order valence-electron chi connectivity index (χ1n) is 3.71. The maximum atomic E-state index is 11.0. The molecule has 0 saturated carbocycles. The van der Waals surface area contributed by atoms with Crippen LogP contribution >= 0.6 is 0 Å². The average molecular weight is 170 g/mol. The second kappa shape index (κ2) is 5.41. The lowest BCUT2D eigenvalue weighted by atomic mass is 10.4. The Kier molecular flexibility index (Phi) is 4.84. The molecule has 0 spiro atoms. The molecule has 0 aliphatic rings. The highest BCUT2D eigenvalue weighted by atomic mass is 16.6. The highest BCUT2D eigenvalue weighted by molar-refractivity contribution is 5.85. The molecule has 0 bridgehead atoms. The summed E-state index contributed by atoms with van der Waals surface area (Å²) in [7, 11) is 0. The Balaban J connectivity index is 3.77. The van der Waals surface area contributed by atoms with Gasteiger partial charge in [-0.1, -0.05) is 12.7 Å². The van der Waals surface area contributed by atoms with Crippen molar-refractivity contribution in [3.63, 3.8) is 0 Å². The minimum atomic E-state index is -0.521. The Morgan fingerprint density at radius 1 is 1.58 bits per heavy atom. The minimum Gasteiger partial charge on any atom is -0.483 e. The summed E-state index contributed by atoms with van der Waals surface area (Å²) in [6.45, 7) is 10.6. The lowest BCUT2D eigenvalue weighted by Gasteiger charge is -2.09. The zero-order chi connectivity index (χ0) is 9.56. The molecule has 0 aromatic rings. The van der Waals surface area contributed by atoms with E-state index in [-0.39, 0.29) is 18.5 Å². The third-order valence-corrected chi connectivity index (χ3v) is 0.946. The van der Waals surface area contributed by atoms with Crippen LogP contribution in [0.4, 0.5) is 0 Å². The van der Waals surface area contributed by atoms with Gasteiger partial charge in [0.05, 0.1) is 6.10 Å². The first kappa shape index (κ1) is 10.8. The fourth-order valence-corrected chi connectivity index (χ4v) is 0.498. The molecule has 0 aliphatic heterocycles. The molecule has 68 valence electrons.